The molecule has 126 valence electrons. The van der Waals surface area contributed by atoms with Gasteiger partial charge in [-0.3, -0.25) is 14.1 Å². The van der Waals surface area contributed by atoms with Gasteiger partial charge in [-0.25, -0.2) is 4.98 Å². The van der Waals surface area contributed by atoms with Crippen LogP contribution in [-0.4, -0.2) is 33.8 Å². The predicted molar refractivity (Wildman–Crippen MR) is 99.2 cm³/mol. The number of nitrogens with one attached hydrogen (secondary N) is 1. The first-order valence-corrected chi connectivity index (χ1v) is 8.92. The molecule has 1 aromatic carbocycles. The number of hydrogen-bond donors (Lipinski definition) is 1. The van der Waals surface area contributed by atoms with Crippen LogP contribution in [0, 0.1) is 6.92 Å². The van der Waals surface area contributed by atoms with Gasteiger partial charge in [0.1, 0.15) is 0 Å². The summed E-state index contributed by atoms with van der Waals surface area (Å²) in [6, 6.07) is 5.15. The molecule has 3 aromatic rings. The molecule has 5 nitrogen and oxygen atoms in total. The van der Waals surface area contributed by atoms with E-state index in [1.54, 1.807) is 29.5 Å². The van der Waals surface area contributed by atoms with Crippen molar-refractivity contribution in [1.29, 1.82) is 0 Å². The van der Waals surface area contributed by atoms with Crippen LogP contribution in [0.5, 0.6) is 0 Å². The molecule has 0 bridgehead atoms. The maximum absolute atomic E-state index is 12.2. The number of hydrogen-bond acceptors (Lipinski definition) is 4. The standard InChI is InChI=1S/C16H16Cl2N4OS/c1-10-13(22-6-7-24-16(22)19-10)8-21(2)9-14(23)20-12-5-3-4-11(17)15(12)18/h3-7H,8-9H2,1-2H3,(H,20,23). The lowest BCUT2D eigenvalue weighted by Crippen LogP contribution is -2.30. The molecule has 0 radical (unpaired) electrons. The van der Waals surface area contributed by atoms with Crippen LogP contribution >= 0.6 is 34.5 Å². The maximum Gasteiger partial charge on any atom is 0.238 e. The summed E-state index contributed by atoms with van der Waals surface area (Å²) < 4.78 is 2.06. The van der Waals surface area contributed by atoms with Crippen LogP contribution in [0.25, 0.3) is 4.96 Å². The molecule has 2 heterocycles. The van der Waals surface area contributed by atoms with E-state index in [1.807, 2.05) is 30.4 Å². The first kappa shape index (κ1) is 17.2. The summed E-state index contributed by atoms with van der Waals surface area (Å²) in [6.45, 7) is 2.84. The number of fused-ring (bicyclic) bond motifs is 1. The molecule has 0 unspecified atom stereocenters. The van der Waals surface area contributed by atoms with Crippen molar-refractivity contribution < 1.29 is 4.79 Å². The van der Waals surface area contributed by atoms with E-state index >= 15 is 0 Å². The molecule has 0 atom stereocenters. The molecule has 0 saturated heterocycles. The number of aryl methyl sites for hydroxylation is 1. The Hall–Kier alpha value is -1.60. The minimum absolute atomic E-state index is 0.148. The lowest BCUT2D eigenvalue weighted by molar-refractivity contribution is -0.117. The molecule has 0 saturated carbocycles. The Morgan fingerprint density at radius 1 is 1.42 bits per heavy atom. The van der Waals surface area contributed by atoms with Crippen LogP contribution in [-0.2, 0) is 11.3 Å². The number of rotatable bonds is 5. The molecule has 0 fully saturated rings. The number of aromatic nitrogens is 2. The van der Waals surface area contributed by atoms with Gasteiger partial charge < -0.3 is 5.32 Å². The topological polar surface area (TPSA) is 49.6 Å². The van der Waals surface area contributed by atoms with E-state index in [1.165, 1.54) is 0 Å². The third-order valence-corrected chi connectivity index (χ3v) is 5.20. The van der Waals surface area contributed by atoms with Crippen LogP contribution in [0.4, 0.5) is 5.69 Å². The average Bonchev–Trinajstić information content (AvgIpc) is 3.07. The van der Waals surface area contributed by atoms with E-state index in [0.717, 1.165) is 16.3 Å². The fourth-order valence-corrected chi connectivity index (χ4v) is 3.60. The van der Waals surface area contributed by atoms with E-state index in [4.69, 9.17) is 23.2 Å². The second-order valence-corrected chi connectivity index (χ2v) is 7.18. The molecule has 1 N–H and O–H groups in total. The van der Waals surface area contributed by atoms with Crippen molar-refractivity contribution in [3.8, 4) is 0 Å². The first-order valence-electron chi connectivity index (χ1n) is 7.29. The largest absolute Gasteiger partial charge is 0.324 e. The Morgan fingerprint density at radius 3 is 3.00 bits per heavy atom. The Labute approximate surface area is 153 Å². The van der Waals surface area contributed by atoms with E-state index in [9.17, 15) is 4.79 Å². The molecule has 3 rings (SSSR count). The summed E-state index contributed by atoms with van der Waals surface area (Å²) in [4.78, 5) is 19.7. The van der Waals surface area contributed by atoms with Crippen molar-refractivity contribution >= 4 is 51.1 Å². The van der Waals surface area contributed by atoms with E-state index in [0.29, 0.717) is 22.3 Å². The van der Waals surface area contributed by atoms with Gasteiger partial charge in [0.05, 0.1) is 33.7 Å². The van der Waals surface area contributed by atoms with Crippen LogP contribution in [0.3, 0.4) is 0 Å². The summed E-state index contributed by atoms with van der Waals surface area (Å²) in [7, 11) is 1.89. The number of carbonyl (C=O) groups excluding carboxylic acids is 1. The van der Waals surface area contributed by atoms with Crippen molar-refractivity contribution in [3.05, 3.63) is 51.2 Å². The van der Waals surface area contributed by atoms with Crippen molar-refractivity contribution in [2.24, 2.45) is 0 Å². The summed E-state index contributed by atoms with van der Waals surface area (Å²) in [5, 5.41) is 5.55. The molecular weight excluding hydrogens is 367 g/mol. The quantitative estimate of drug-likeness (QED) is 0.722. The highest BCUT2D eigenvalue weighted by atomic mass is 35.5. The van der Waals surface area contributed by atoms with Gasteiger partial charge in [0.25, 0.3) is 0 Å². The Kier molecular flexibility index (Phi) is 5.10. The van der Waals surface area contributed by atoms with Crippen molar-refractivity contribution in [2.75, 3.05) is 18.9 Å². The molecule has 24 heavy (non-hydrogen) atoms. The summed E-state index contributed by atoms with van der Waals surface area (Å²) in [6.07, 6.45) is 2.00. The number of imidazole rings is 1. The SMILES string of the molecule is Cc1nc2sccn2c1CN(C)CC(=O)Nc1cccc(Cl)c1Cl. The number of thiazole rings is 1. The van der Waals surface area contributed by atoms with Crippen molar-refractivity contribution in [2.45, 2.75) is 13.5 Å². The first-order chi connectivity index (χ1) is 11.5. The number of halogens is 2. The minimum atomic E-state index is -0.148. The lowest BCUT2D eigenvalue weighted by Gasteiger charge is -2.17. The lowest BCUT2D eigenvalue weighted by atomic mass is 10.3. The van der Waals surface area contributed by atoms with Crippen LogP contribution in [0.1, 0.15) is 11.4 Å². The normalized spacial score (nSPS) is 11.4. The summed E-state index contributed by atoms with van der Waals surface area (Å²) in [5.74, 6) is -0.148. The van der Waals surface area contributed by atoms with Gasteiger partial charge in [0.2, 0.25) is 5.91 Å². The van der Waals surface area contributed by atoms with Crippen LogP contribution in [0.2, 0.25) is 10.0 Å². The molecule has 0 aliphatic rings. The smallest absolute Gasteiger partial charge is 0.238 e. The van der Waals surface area contributed by atoms with Gasteiger partial charge in [0.15, 0.2) is 4.96 Å². The number of anilines is 1. The molecular formula is C16H16Cl2N4OS. The molecule has 0 spiro atoms. The van der Waals surface area contributed by atoms with Crippen molar-refractivity contribution in [3.63, 3.8) is 0 Å². The van der Waals surface area contributed by atoms with Gasteiger partial charge >= 0.3 is 0 Å². The minimum Gasteiger partial charge on any atom is -0.324 e. The molecule has 1 amide bonds. The molecule has 0 aliphatic carbocycles. The van der Waals surface area contributed by atoms with E-state index in [2.05, 4.69) is 14.7 Å². The Morgan fingerprint density at radius 2 is 2.21 bits per heavy atom. The maximum atomic E-state index is 12.2. The highest BCUT2D eigenvalue weighted by Crippen LogP contribution is 2.29. The van der Waals surface area contributed by atoms with Gasteiger partial charge in [-0.1, -0.05) is 29.3 Å². The Bertz CT molecular complexity index is 889. The van der Waals surface area contributed by atoms with E-state index in [-0.39, 0.29) is 12.5 Å². The fraction of sp³-hybridized carbons (Fsp3) is 0.250. The van der Waals surface area contributed by atoms with Crippen molar-refractivity contribution in [1.82, 2.24) is 14.3 Å². The number of likely N-dealkylation sites (N-methyl/N-ethyl adjacent to an activating group) is 1. The van der Waals surface area contributed by atoms with Gasteiger partial charge in [-0.05, 0) is 26.1 Å². The third-order valence-electron chi connectivity index (χ3n) is 3.62. The second kappa shape index (κ2) is 7.11. The van der Waals surface area contributed by atoms with Gasteiger partial charge in [0, 0.05) is 18.1 Å². The molecule has 2 aromatic heterocycles. The number of carbonyl (C=O) groups is 1. The highest BCUT2D eigenvalue weighted by Gasteiger charge is 2.15. The zero-order valence-electron chi connectivity index (χ0n) is 13.2. The zero-order valence-corrected chi connectivity index (χ0v) is 15.5. The van der Waals surface area contributed by atoms with Crippen LogP contribution in [0.15, 0.2) is 29.8 Å². The monoisotopic (exact) mass is 382 g/mol. The number of amides is 1. The molecule has 0 aliphatic heterocycles. The van der Waals surface area contributed by atoms with Crippen LogP contribution < -0.4 is 5.32 Å². The van der Waals surface area contributed by atoms with Gasteiger partial charge in [-0.15, -0.1) is 11.3 Å². The zero-order chi connectivity index (χ0) is 17.3. The summed E-state index contributed by atoms with van der Waals surface area (Å²) in [5.41, 5.74) is 2.58. The molecule has 8 heteroatoms. The average molecular weight is 383 g/mol. The van der Waals surface area contributed by atoms with Gasteiger partial charge in [-0.2, -0.15) is 0 Å². The number of nitrogens with zero attached hydrogens (tertiary/aromatic N) is 3. The Balaban J connectivity index is 1.65. The van der Waals surface area contributed by atoms with E-state index < -0.39 is 0 Å². The second-order valence-electron chi connectivity index (χ2n) is 5.52. The third kappa shape index (κ3) is 3.57. The fourth-order valence-electron chi connectivity index (χ4n) is 2.48. The number of benzene rings is 1. The summed E-state index contributed by atoms with van der Waals surface area (Å²) >= 11 is 13.6. The highest BCUT2D eigenvalue weighted by molar-refractivity contribution is 7.15. The predicted octanol–water partition coefficient (Wildman–Crippen LogP) is 4.08.